The lowest BCUT2D eigenvalue weighted by atomic mass is 9.95. The van der Waals surface area contributed by atoms with Crippen LogP contribution in [-0.2, 0) is 9.53 Å². The van der Waals surface area contributed by atoms with Crippen LogP contribution in [0.4, 0.5) is 0 Å². The SMILES string of the molecule is COC1CNC(C(=O)NC(c2ccc(Cl)cc2)C(C)C)C1. The van der Waals surface area contributed by atoms with Crippen LogP contribution in [0.2, 0.25) is 5.02 Å². The normalized spacial score (nSPS) is 23.3. The molecule has 1 aliphatic heterocycles. The fourth-order valence-corrected chi connectivity index (χ4v) is 2.77. The summed E-state index contributed by atoms with van der Waals surface area (Å²) in [4.78, 5) is 12.4. The molecule has 1 aliphatic rings. The predicted molar refractivity (Wildman–Crippen MR) is 84.4 cm³/mol. The topological polar surface area (TPSA) is 50.4 Å². The first kappa shape index (κ1) is 16.3. The molecule has 1 aromatic rings. The molecule has 3 unspecified atom stereocenters. The number of rotatable bonds is 5. The molecule has 3 atom stereocenters. The monoisotopic (exact) mass is 310 g/mol. The third-order valence-corrected chi connectivity index (χ3v) is 4.19. The molecule has 0 bridgehead atoms. The van der Waals surface area contributed by atoms with Gasteiger partial charge in [-0.05, 0) is 30.0 Å². The van der Waals surface area contributed by atoms with E-state index in [0.717, 1.165) is 12.1 Å². The molecular weight excluding hydrogens is 288 g/mol. The number of hydrogen-bond acceptors (Lipinski definition) is 3. The number of carbonyl (C=O) groups is 1. The van der Waals surface area contributed by atoms with Gasteiger partial charge in [0.15, 0.2) is 0 Å². The number of ether oxygens (including phenoxy) is 1. The lowest BCUT2D eigenvalue weighted by Gasteiger charge is -2.24. The molecule has 2 N–H and O–H groups in total. The van der Waals surface area contributed by atoms with Crippen LogP contribution in [0, 0.1) is 5.92 Å². The van der Waals surface area contributed by atoms with Crippen molar-refractivity contribution in [2.75, 3.05) is 13.7 Å². The first-order chi connectivity index (χ1) is 10.0. The Labute approximate surface area is 131 Å². The average molecular weight is 311 g/mol. The zero-order valence-electron chi connectivity index (χ0n) is 12.7. The summed E-state index contributed by atoms with van der Waals surface area (Å²) in [6.07, 6.45) is 0.835. The molecule has 21 heavy (non-hydrogen) atoms. The molecule has 5 heteroatoms. The smallest absolute Gasteiger partial charge is 0.237 e. The second-order valence-electron chi connectivity index (χ2n) is 5.84. The minimum absolute atomic E-state index is 0.0156. The lowest BCUT2D eigenvalue weighted by molar-refractivity contribution is -0.124. The van der Waals surface area contributed by atoms with Crippen LogP contribution in [0.3, 0.4) is 0 Å². The van der Waals surface area contributed by atoms with Crippen LogP contribution in [0.5, 0.6) is 0 Å². The number of methoxy groups -OCH3 is 1. The number of carbonyl (C=O) groups excluding carboxylic acids is 1. The summed E-state index contributed by atoms with van der Waals surface area (Å²) in [5.74, 6) is 0.331. The van der Waals surface area contributed by atoms with Crippen molar-refractivity contribution in [3.05, 3.63) is 34.9 Å². The molecule has 4 nitrogen and oxygen atoms in total. The largest absolute Gasteiger partial charge is 0.380 e. The number of nitrogens with one attached hydrogen (secondary N) is 2. The standard InChI is InChI=1S/C16H23ClN2O2/c1-10(2)15(11-4-6-12(17)7-5-11)19-16(20)14-8-13(21-3)9-18-14/h4-7,10,13-15,18H,8-9H2,1-3H3,(H,19,20). The molecule has 1 amide bonds. The van der Waals surface area contributed by atoms with Gasteiger partial charge in [0.25, 0.3) is 0 Å². The second kappa shape index (κ2) is 7.25. The summed E-state index contributed by atoms with van der Waals surface area (Å²) in [7, 11) is 1.68. The first-order valence-electron chi connectivity index (χ1n) is 7.33. The highest BCUT2D eigenvalue weighted by molar-refractivity contribution is 6.30. The maximum absolute atomic E-state index is 12.4. The van der Waals surface area contributed by atoms with Crippen LogP contribution >= 0.6 is 11.6 Å². The fraction of sp³-hybridized carbons (Fsp3) is 0.562. The summed E-state index contributed by atoms with van der Waals surface area (Å²) < 4.78 is 5.28. The first-order valence-corrected chi connectivity index (χ1v) is 7.71. The van der Waals surface area contributed by atoms with E-state index in [2.05, 4.69) is 24.5 Å². The van der Waals surface area contributed by atoms with Crippen molar-refractivity contribution >= 4 is 17.5 Å². The van der Waals surface area contributed by atoms with Gasteiger partial charge in [0.1, 0.15) is 0 Å². The predicted octanol–water partition coefficient (Wildman–Crippen LogP) is 2.53. The Balaban J connectivity index is 2.03. The Morgan fingerprint density at radius 3 is 2.57 bits per heavy atom. The summed E-state index contributed by atoms with van der Waals surface area (Å²) in [6, 6.07) is 7.45. The molecule has 116 valence electrons. The van der Waals surface area contributed by atoms with E-state index in [4.69, 9.17) is 16.3 Å². The van der Waals surface area contributed by atoms with Gasteiger partial charge in [-0.2, -0.15) is 0 Å². The zero-order chi connectivity index (χ0) is 15.4. The summed E-state index contributed by atoms with van der Waals surface area (Å²) in [5.41, 5.74) is 1.07. The second-order valence-corrected chi connectivity index (χ2v) is 6.27. The number of halogens is 1. The van der Waals surface area contributed by atoms with Crippen molar-refractivity contribution in [1.82, 2.24) is 10.6 Å². The highest BCUT2D eigenvalue weighted by atomic mass is 35.5. The minimum Gasteiger partial charge on any atom is -0.380 e. The van der Waals surface area contributed by atoms with Crippen molar-refractivity contribution in [3.8, 4) is 0 Å². The van der Waals surface area contributed by atoms with Crippen LogP contribution in [0.1, 0.15) is 31.9 Å². The van der Waals surface area contributed by atoms with Crippen molar-refractivity contribution in [2.45, 2.75) is 38.5 Å². The molecule has 1 heterocycles. The van der Waals surface area contributed by atoms with Gasteiger partial charge in [-0.15, -0.1) is 0 Å². The molecule has 1 fully saturated rings. The number of amides is 1. The van der Waals surface area contributed by atoms with Gasteiger partial charge in [0, 0.05) is 18.7 Å². The lowest BCUT2D eigenvalue weighted by Crippen LogP contribution is -2.43. The van der Waals surface area contributed by atoms with E-state index >= 15 is 0 Å². The average Bonchev–Trinajstić information content (AvgIpc) is 2.94. The fourth-order valence-electron chi connectivity index (χ4n) is 2.64. The highest BCUT2D eigenvalue weighted by Gasteiger charge is 2.31. The Morgan fingerprint density at radius 1 is 1.38 bits per heavy atom. The molecule has 0 saturated carbocycles. The van der Waals surface area contributed by atoms with Crippen LogP contribution < -0.4 is 10.6 Å². The van der Waals surface area contributed by atoms with E-state index in [1.807, 2.05) is 24.3 Å². The van der Waals surface area contributed by atoms with Crippen molar-refractivity contribution in [3.63, 3.8) is 0 Å². The third kappa shape index (κ3) is 4.19. The van der Waals surface area contributed by atoms with Gasteiger partial charge in [0.05, 0.1) is 18.2 Å². The molecular formula is C16H23ClN2O2. The van der Waals surface area contributed by atoms with Gasteiger partial charge in [-0.1, -0.05) is 37.6 Å². The van der Waals surface area contributed by atoms with E-state index in [0.29, 0.717) is 17.4 Å². The summed E-state index contributed by atoms with van der Waals surface area (Å²) in [6.45, 7) is 4.92. The van der Waals surface area contributed by atoms with E-state index < -0.39 is 0 Å². The summed E-state index contributed by atoms with van der Waals surface area (Å²) >= 11 is 5.93. The quantitative estimate of drug-likeness (QED) is 0.878. The molecule has 0 aromatic heterocycles. The maximum Gasteiger partial charge on any atom is 0.237 e. The summed E-state index contributed by atoms with van der Waals surface area (Å²) in [5, 5.41) is 7.04. The number of benzene rings is 1. The molecule has 0 radical (unpaired) electrons. The van der Waals surface area contributed by atoms with Crippen LogP contribution in [-0.4, -0.2) is 31.7 Å². The van der Waals surface area contributed by atoms with Crippen molar-refractivity contribution in [1.29, 1.82) is 0 Å². The molecule has 2 rings (SSSR count). The minimum atomic E-state index is -0.177. The van der Waals surface area contributed by atoms with E-state index in [1.54, 1.807) is 7.11 Å². The highest BCUT2D eigenvalue weighted by Crippen LogP contribution is 2.24. The van der Waals surface area contributed by atoms with E-state index in [1.165, 1.54) is 0 Å². The molecule has 1 saturated heterocycles. The Morgan fingerprint density at radius 2 is 2.05 bits per heavy atom. The van der Waals surface area contributed by atoms with Gasteiger partial charge in [-0.3, -0.25) is 4.79 Å². The van der Waals surface area contributed by atoms with Crippen molar-refractivity contribution < 1.29 is 9.53 Å². The maximum atomic E-state index is 12.4. The third-order valence-electron chi connectivity index (χ3n) is 3.93. The van der Waals surface area contributed by atoms with Crippen LogP contribution in [0.15, 0.2) is 24.3 Å². The van der Waals surface area contributed by atoms with E-state index in [9.17, 15) is 4.79 Å². The molecule has 1 aromatic carbocycles. The van der Waals surface area contributed by atoms with E-state index in [-0.39, 0.29) is 24.1 Å². The Bertz CT molecular complexity index is 476. The number of hydrogen-bond donors (Lipinski definition) is 2. The van der Waals surface area contributed by atoms with Gasteiger partial charge >= 0.3 is 0 Å². The van der Waals surface area contributed by atoms with Gasteiger partial charge in [0.2, 0.25) is 5.91 Å². The Hall–Kier alpha value is -1.10. The molecule has 0 aliphatic carbocycles. The van der Waals surface area contributed by atoms with Gasteiger partial charge in [-0.25, -0.2) is 0 Å². The van der Waals surface area contributed by atoms with Crippen molar-refractivity contribution in [2.24, 2.45) is 5.92 Å². The molecule has 0 spiro atoms. The Kier molecular flexibility index (Phi) is 5.62. The zero-order valence-corrected chi connectivity index (χ0v) is 13.5. The van der Waals surface area contributed by atoms with Gasteiger partial charge < -0.3 is 15.4 Å². The van der Waals surface area contributed by atoms with Crippen LogP contribution in [0.25, 0.3) is 0 Å².